The Kier molecular flexibility index (Phi) is 3.55. The average molecular weight is 310 g/mol. The van der Waals surface area contributed by atoms with Gasteiger partial charge in [0, 0.05) is 23.5 Å². The molecule has 0 saturated carbocycles. The summed E-state index contributed by atoms with van der Waals surface area (Å²) in [5.74, 6) is 0.879. The molecule has 1 aliphatic rings. The lowest BCUT2D eigenvalue weighted by Gasteiger charge is -2.22. The van der Waals surface area contributed by atoms with Gasteiger partial charge in [-0.05, 0) is 32.0 Å². The number of nitrogens with one attached hydrogen (secondary N) is 1. The zero-order chi connectivity index (χ0) is 15.6. The minimum atomic E-state index is 0.405. The number of rotatable bonds is 3. The van der Waals surface area contributed by atoms with Crippen LogP contribution in [0.4, 0.5) is 5.82 Å². The minimum absolute atomic E-state index is 0.405. The van der Waals surface area contributed by atoms with Gasteiger partial charge in [-0.25, -0.2) is 9.97 Å². The van der Waals surface area contributed by atoms with Crippen molar-refractivity contribution in [2.24, 2.45) is 0 Å². The fourth-order valence-corrected chi connectivity index (χ4v) is 2.92. The summed E-state index contributed by atoms with van der Waals surface area (Å²) >= 11 is 0. The van der Waals surface area contributed by atoms with Gasteiger partial charge in [0.1, 0.15) is 12.1 Å². The summed E-state index contributed by atoms with van der Waals surface area (Å²) in [6.45, 7) is 2.08. The number of anilines is 1. The molecule has 4 rings (SSSR count). The second-order valence-electron chi connectivity index (χ2n) is 5.68. The molecule has 0 unspecified atom stereocenters. The first kappa shape index (κ1) is 14.0. The van der Waals surface area contributed by atoms with E-state index in [1.807, 2.05) is 12.3 Å². The molecule has 0 atom stereocenters. The Labute approximate surface area is 133 Å². The molecule has 0 radical (unpaired) electrons. The Morgan fingerprint density at radius 2 is 2.04 bits per heavy atom. The predicted molar refractivity (Wildman–Crippen MR) is 86.5 cm³/mol. The highest BCUT2D eigenvalue weighted by atomic mass is 16.3. The van der Waals surface area contributed by atoms with Gasteiger partial charge in [-0.2, -0.15) is 5.10 Å². The Bertz CT molecular complexity index is 789. The van der Waals surface area contributed by atoms with Gasteiger partial charge in [-0.15, -0.1) is 0 Å². The van der Waals surface area contributed by atoms with Crippen LogP contribution in [0.1, 0.15) is 18.9 Å². The van der Waals surface area contributed by atoms with Crippen LogP contribution < -0.4 is 11.1 Å². The molecule has 3 aromatic rings. The highest BCUT2D eigenvalue weighted by molar-refractivity contribution is 5.74. The van der Waals surface area contributed by atoms with Crippen molar-refractivity contribution in [1.29, 1.82) is 0 Å². The first-order valence-electron chi connectivity index (χ1n) is 7.72. The number of piperidine rings is 1. The van der Waals surface area contributed by atoms with Gasteiger partial charge < -0.3 is 15.5 Å². The summed E-state index contributed by atoms with van der Waals surface area (Å²) in [5.41, 5.74) is 8.61. The van der Waals surface area contributed by atoms with Crippen LogP contribution in [-0.4, -0.2) is 32.8 Å². The summed E-state index contributed by atoms with van der Waals surface area (Å²) in [6, 6.07) is 2.40. The third-order valence-corrected chi connectivity index (χ3v) is 4.20. The van der Waals surface area contributed by atoms with Gasteiger partial charge in [0.2, 0.25) is 5.89 Å². The lowest BCUT2D eigenvalue weighted by Crippen LogP contribution is -2.29. The smallest absolute Gasteiger partial charge is 0.229 e. The van der Waals surface area contributed by atoms with E-state index in [0.29, 0.717) is 23.3 Å². The first-order chi connectivity index (χ1) is 11.3. The van der Waals surface area contributed by atoms with Crippen LogP contribution in [0.2, 0.25) is 0 Å². The summed E-state index contributed by atoms with van der Waals surface area (Å²) in [7, 11) is 0. The van der Waals surface area contributed by atoms with Crippen molar-refractivity contribution in [1.82, 2.24) is 25.1 Å². The minimum Gasteiger partial charge on any atom is -0.444 e. The van der Waals surface area contributed by atoms with Gasteiger partial charge >= 0.3 is 0 Å². The zero-order valence-corrected chi connectivity index (χ0v) is 12.6. The highest BCUT2D eigenvalue weighted by Crippen LogP contribution is 2.29. The summed E-state index contributed by atoms with van der Waals surface area (Å²) in [6.07, 6.45) is 11.0. The van der Waals surface area contributed by atoms with E-state index in [0.717, 1.165) is 37.1 Å². The van der Waals surface area contributed by atoms with Gasteiger partial charge in [-0.1, -0.05) is 0 Å². The van der Waals surface area contributed by atoms with E-state index in [4.69, 9.17) is 10.2 Å². The lowest BCUT2D eigenvalue weighted by atomic mass is 10.1. The van der Waals surface area contributed by atoms with E-state index in [2.05, 4.69) is 31.3 Å². The van der Waals surface area contributed by atoms with Crippen molar-refractivity contribution >= 4 is 5.82 Å². The topological polar surface area (TPSA) is 94.8 Å². The molecule has 3 aromatic heterocycles. The molecule has 118 valence electrons. The number of hydrogen-bond donors (Lipinski definition) is 2. The molecule has 1 fully saturated rings. The number of aromatic nitrogens is 4. The lowest BCUT2D eigenvalue weighted by molar-refractivity contribution is 0.343. The van der Waals surface area contributed by atoms with Crippen molar-refractivity contribution in [3.8, 4) is 22.6 Å². The Morgan fingerprint density at radius 3 is 2.83 bits per heavy atom. The van der Waals surface area contributed by atoms with Crippen LogP contribution in [-0.2, 0) is 0 Å². The average Bonchev–Trinajstić information content (AvgIpc) is 3.28. The Hall–Kier alpha value is -2.67. The van der Waals surface area contributed by atoms with Crippen LogP contribution in [0.25, 0.3) is 22.6 Å². The molecule has 0 aliphatic carbocycles. The largest absolute Gasteiger partial charge is 0.444 e. The SMILES string of the molecule is Nc1ncc(-c2cnn(C3CCNCC3)c2)cc1-c1ncco1. The Balaban J connectivity index is 1.66. The number of pyridine rings is 1. The maximum atomic E-state index is 5.94. The molecule has 0 amide bonds. The number of nitrogens with two attached hydrogens (primary N) is 1. The molecule has 23 heavy (non-hydrogen) atoms. The second-order valence-corrected chi connectivity index (χ2v) is 5.68. The first-order valence-corrected chi connectivity index (χ1v) is 7.72. The summed E-state index contributed by atoms with van der Waals surface area (Å²) in [5, 5.41) is 7.89. The van der Waals surface area contributed by atoms with Crippen molar-refractivity contribution in [2.45, 2.75) is 18.9 Å². The third kappa shape index (κ3) is 2.70. The normalized spacial score (nSPS) is 15.8. The van der Waals surface area contributed by atoms with E-state index in [1.165, 1.54) is 6.26 Å². The maximum absolute atomic E-state index is 5.94. The maximum Gasteiger partial charge on any atom is 0.229 e. The van der Waals surface area contributed by atoms with Crippen LogP contribution in [0.15, 0.2) is 41.5 Å². The predicted octanol–water partition coefficient (Wildman–Crippen LogP) is 2.11. The van der Waals surface area contributed by atoms with Gasteiger partial charge in [0.05, 0.1) is 24.0 Å². The van der Waals surface area contributed by atoms with E-state index in [9.17, 15) is 0 Å². The molecule has 7 nitrogen and oxygen atoms in total. The van der Waals surface area contributed by atoms with Gasteiger partial charge in [-0.3, -0.25) is 4.68 Å². The fraction of sp³-hybridized carbons (Fsp3) is 0.312. The molecule has 7 heteroatoms. The van der Waals surface area contributed by atoms with Gasteiger partial charge in [0.15, 0.2) is 0 Å². The van der Waals surface area contributed by atoms with Crippen molar-refractivity contribution < 1.29 is 4.42 Å². The molecule has 4 heterocycles. The monoisotopic (exact) mass is 310 g/mol. The highest BCUT2D eigenvalue weighted by Gasteiger charge is 2.17. The molecule has 0 spiro atoms. The van der Waals surface area contributed by atoms with Crippen molar-refractivity contribution in [3.63, 3.8) is 0 Å². The van der Waals surface area contributed by atoms with Crippen LogP contribution in [0.3, 0.4) is 0 Å². The Morgan fingerprint density at radius 1 is 1.17 bits per heavy atom. The molecule has 1 saturated heterocycles. The third-order valence-electron chi connectivity index (χ3n) is 4.20. The number of hydrogen-bond acceptors (Lipinski definition) is 6. The molecular formula is C16H18N6O. The van der Waals surface area contributed by atoms with E-state index in [1.54, 1.807) is 12.4 Å². The van der Waals surface area contributed by atoms with E-state index < -0.39 is 0 Å². The van der Waals surface area contributed by atoms with Crippen molar-refractivity contribution in [3.05, 3.63) is 37.1 Å². The molecular weight excluding hydrogens is 292 g/mol. The molecule has 1 aliphatic heterocycles. The van der Waals surface area contributed by atoms with Crippen LogP contribution in [0.5, 0.6) is 0 Å². The second kappa shape index (κ2) is 5.85. The van der Waals surface area contributed by atoms with E-state index in [-0.39, 0.29) is 0 Å². The molecule has 3 N–H and O–H groups in total. The molecule has 0 aromatic carbocycles. The number of nitrogens with zero attached hydrogens (tertiary/aromatic N) is 4. The summed E-state index contributed by atoms with van der Waals surface area (Å²) in [4.78, 5) is 8.41. The van der Waals surface area contributed by atoms with Crippen LogP contribution in [0, 0.1) is 0 Å². The van der Waals surface area contributed by atoms with E-state index >= 15 is 0 Å². The molecule has 0 bridgehead atoms. The number of nitrogen functional groups attached to an aromatic ring is 1. The number of oxazole rings is 1. The fourth-order valence-electron chi connectivity index (χ4n) is 2.92. The zero-order valence-electron chi connectivity index (χ0n) is 12.6. The quantitative estimate of drug-likeness (QED) is 0.769. The van der Waals surface area contributed by atoms with Crippen molar-refractivity contribution in [2.75, 3.05) is 18.8 Å². The van der Waals surface area contributed by atoms with Gasteiger partial charge in [0.25, 0.3) is 0 Å². The summed E-state index contributed by atoms with van der Waals surface area (Å²) < 4.78 is 7.39. The standard InChI is InChI=1S/C16H18N6O/c17-15-14(16-19-5-6-23-16)7-11(8-20-15)12-9-21-22(10-12)13-1-3-18-4-2-13/h5-10,13,18H,1-4H2,(H2,17,20). The van der Waals surface area contributed by atoms with Crippen LogP contribution >= 0.6 is 0 Å².